The van der Waals surface area contributed by atoms with Crippen LogP contribution in [0.3, 0.4) is 0 Å². The molecule has 0 amide bonds. The van der Waals surface area contributed by atoms with Gasteiger partial charge in [0.2, 0.25) is 0 Å². The molecule has 0 aliphatic carbocycles. The van der Waals surface area contributed by atoms with E-state index in [-0.39, 0.29) is 16.8 Å². The summed E-state index contributed by atoms with van der Waals surface area (Å²) in [5.41, 5.74) is 0. The van der Waals surface area contributed by atoms with Crippen molar-refractivity contribution in [2.24, 2.45) is 0 Å². The second-order valence-corrected chi connectivity index (χ2v) is 5.72. The molecular formula is C22H22CoO4-2. The van der Waals surface area contributed by atoms with Crippen molar-refractivity contribution in [2.45, 2.75) is 0 Å². The quantitative estimate of drug-likeness (QED) is 0.437. The van der Waals surface area contributed by atoms with Crippen molar-refractivity contribution in [1.29, 1.82) is 0 Å². The first-order chi connectivity index (χ1) is 12.7. The average Bonchev–Trinajstić information content (AvgIpc) is 3.33. The number of methoxy groups -OCH3 is 4. The number of hydrogen-bond acceptors (Lipinski definition) is 4. The van der Waals surface area contributed by atoms with Gasteiger partial charge in [-0.05, 0) is 0 Å². The number of benzene rings is 2. The van der Waals surface area contributed by atoms with Crippen LogP contribution in [0.5, 0.6) is 23.0 Å². The van der Waals surface area contributed by atoms with Gasteiger partial charge >= 0.3 is 0 Å². The van der Waals surface area contributed by atoms with Gasteiger partial charge in [0, 0.05) is 16.8 Å². The van der Waals surface area contributed by atoms with Gasteiger partial charge in [0.05, 0.1) is 28.4 Å². The third kappa shape index (κ3) is 4.38. The first-order valence-corrected chi connectivity index (χ1v) is 8.25. The SMILES string of the molecule is COc1cc2cc[cH-]c2cc1OC.COc1cc2cc[cH-]c2cc1OC.[Co]. The number of ether oxygens (including phenoxy) is 4. The van der Waals surface area contributed by atoms with Gasteiger partial charge < -0.3 is 18.9 Å². The molecule has 0 saturated carbocycles. The second-order valence-electron chi connectivity index (χ2n) is 5.72. The van der Waals surface area contributed by atoms with Crippen LogP contribution in [0.15, 0.2) is 60.7 Å². The maximum absolute atomic E-state index is 5.19. The molecule has 0 N–H and O–H groups in total. The number of rotatable bonds is 4. The van der Waals surface area contributed by atoms with Crippen LogP contribution >= 0.6 is 0 Å². The van der Waals surface area contributed by atoms with E-state index in [1.807, 2.05) is 36.4 Å². The monoisotopic (exact) mass is 409 g/mol. The Hall–Kier alpha value is -2.63. The van der Waals surface area contributed by atoms with Crippen LogP contribution in [0.4, 0.5) is 0 Å². The summed E-state index contributed by atoms with van der Waals surface area (Å²) in [5.74, 6) is 3.12. The molecule has 1 radical (unpaired) electrons. The minimum Gasteiger partial charge on any atom is -0.503 e. The van der Waals surface area contributed by atoms with Gasteiger partial charge in [0.25, 0.3) is 0 Å². The van der Waals surface area contributed by atoms with Gasteiger partial charge in [-0.1, -0.05) is 24.3 Å². The molecule has 145 valence electrons. The Kier molecular flexibility index (Phi) is 7.16. The Balaban J connectivity index is 0.000000187. The molecule has 0 bridgehead atoms. The van der Waals surface area contributed by atoms with E-state index in [1.165, 1.54) is 21.5 Å². The maximum Gasteiger partial charge on any atom is 0.141 e. The van der Waals surface area contributed by atoms with Crippen LogP contribution in [0.1, 0.15) is 0 Å². The molecule has 0 aliphatic rings. The predicted octanol–water partition coefficient (Wildman–Crippen LogP) is 5.15. The van der Waals surface area contributed by atoms with Gasteiger partial charge in [-0.15, -0.1) is 33.7 Å². The molecule has 0 saturated heterocycles. The molecule has 4 aromatic carbocycles. The number of fused-ring (bicyclic) bond motifs is 2. The molecule has 0 fully saturated rings. The predicted molar refractivity (Wildman–Crippen MR) is 105 cm³/mol. The van der Waals surface area contributed by atoms with E-state index in [4.69, 9.17) is 18.9 Å². The van der Waals surface area contributed by atoms with Crippen molar-refractivity contribution in [3.63, 3.8) is 0 Å². The summed E-state index contributed by atoms with van der Waals surface area (Å²) in [6.45, 7) is 0. The van der Waals surface area contributed by atoms with Crippen molar-refractivity contribution >= 4 is 21.5 Å². The molecule has 4 aromatic rings. The van der Waals surface area contributed by atoms with Crippen molar-refractivity contribution in [1.82, 2.24) is 0 Å². The van der Waals surface area contributed by atoms with Gasteiger partial charge in [0.15, 0.2) is 0 Å². The molecule has 0 aliphatic heterocycles. The van der Waals surface area contributed by atoms with E-state index in [0.29, 0.717) is 0 Å². The Labute approximate surface area is 169 Å². The van der Waals surface area contributed by atoms with Gasteiger partial charge in [-0.2, -0.15) is 24.3 Å². The fourth-order valence-electron chi connectivity index (χ4n) is 2.91. The van der Waals surface area contributed by atoms with Crippen LogP contribution in [0.25, 0.3) is 21.5 Å². The average molecular weight is 409 g/mol. The van der Waals surface area contributed by atoms with Crippen LogP contribution < -0.4 is 18.9 Å². The molecule has 0 aromatic heterocycles. The first kappa shape index (κ1) is 20.7. The van der Waals surface area contributed by atoms with Crippen LogP contribution in [-0.4, -0.2) is 28.4 Å². The first-order valence-electron chi connectivity index (χ1n) is 8.25. The summed E-state index contributed by atoms with van der Waals surface area (Å²) in [4.78, 5) is 0. The largest absolute Gasteiger partial charge is 0.503 e. The summed E-state index contributed by atoms with van der Waals surface area (Å²) >= 11 is 0. The Morgan fingerprint density at radius 1 is 0.556 bits per heavy atom. The zero-order chi connectivity index (χ0) is 18.5. The molecular weight excluding hydrogens is 387 g/mol. The van der Waals surface area contributed by atoms with Crippen molar-refractivity contribution < 1.29 is 35.7 Å². The Bertz CT molecular complexity index is 842. The van der Waals surface area contributed by atoms with E-state index in [9.17, 15) is 0 Å². The smallest absolute Gasteiger partial charge is 0.141 e. The molecule has 0 unspecified atom stereocenters. The molecule has 27 heavy (non-hydrogen) atoms. The topological polar surface area (TPSA) is 36.9 Å². The fourth-order valence-corrected chi connectivity index (χ4v) is 2.91. The van der Waals surface area contributed by atoms with Gasteiger partial charge in [0.1, 0.15) is 23.0 Å². The van der Waals surface area contributed by atoms with E-state index in [2.05, 4.69) is 24.3 Å². The van der Waals surface area contributed by atoms with Gasteiger partial charge in [-0.3, -0.25) is 0 Å². The minimum atomic E-state index is 0. The van der Waals surface area contributed by atoms with Crippen LogP contribution in [0, 0.1) is 0 Å². The summed E-state index contributed by atoms with van der Waals surface area (Å²) in [6.07, 6.45) is 0. The third-order valence-electron chi connectivity index (χ3n) is 4.28. The standard InChI is InChI=1S/2C11H11O2.Co/c2*1-12-10-6-8-4-3-5-9(8)7-11(10)13-2;/h2*3-7H,1-2H3;/q2*-1;. The zero-order valence-electron chi connectivity index (χ0n) is 15.7. The van der Waals surface area contributed by atoms with Crippen molar-refractivity contribution in [3.05, 3.63) is 60.7 Å². The summed E-state index contributed by atoms with van der Waals surface area (Å²) in [5, 5.41) is 4.71. The summed E-state index contributed by atoms with van der Waals surface area (Å²) in [7, 11) is 6.58. The summed E-state index contributed by atoms with van der Waals surface area (Å²) in [6, 6.07) is 20.2. The summed E-state index contributed by atoms with van der Waals surface area (Å²) < 4.78 is 20.8. The molecule has 5 heteroatoms. The van der Waals surface area contributed by atoms with E-state index in [1.54, 1.807) is 28.4 Å². The van der Waals surface area contributed by atoms with Gasteiger partial charge in [-0.25, -0.2) is 0 Å². The Morgan fingerprint density at radius 2 is 0.889 bits per heavy atom. The molecule has 4 rings (SSSR count). The van der Waals surface area contributed by atoms with Crippen molar-refractivity contribution in [2.75, 3.05) is 28.4 Å². The third-order valence-corrected chi connectivity index (χ3v) is 4.28. The molecule has 4 nitrogen and oxygen atoms in total. The minimum absolute atomic E-state index is 0. The van der Waals surface area contributed by atoms with Crippen molar-refractivity contribution in [3.8, 4) is 23.0 Å². The Morgan fingerprint density at radius 3 is 1.22 bits per heavy atom. The van der Waals surface area contributed by atoms with E-state index >= 15 is 0 Å². The zero-order valence-corrected chi connectivity index (χ0v) is 16.8. The van der Waals surface area contributed by atoms with Crippen LogP contribution in [-0.2, 0) is 16.8 Å². The molecule has 0 atom stereocenters. The molecule has 0 spiro atoms. The second kappa shape index (κ2) is 9.35. The van der Waals surface area contributed by atoms with Crippen LogP contribution in [0.2, 0.25) is 0 Å². The molecule has 0 heterocycles. The van der Waals surface area contributed by atoms with E-state index < -0.39 is 0 Å². The van der Waals surface area contributed by atoms with E-state index in [0.717, 1.165) is 23.0 Å². The normalized spacial score (nSPS) is 9.93. The maximum atomic E-state index is 5.19. The fraction of sp³-hybridized carbons (Fsp3) is 0.182. The number of hydrogen-bond donors (Lipinski definition) is 0.